The third kappa shape index (κ3) is 4.85. The van der Waals surface area contributed by atoms with Gasteiger partial charge in [0.15, 0.2) is 0 Å². The van der Waals surface area contributed by atoms with Crippen molar-refractivity contribution < 1.29 is 14.3 Å². The fourth-order valence-electron chi connectivity index (χ4n) is 1.99. The van der Waals surface area contributed by atoms with Gasteiger partial charge < -0.3 is 9.47 Å². The Bertz CT molecular complexity index is 685. The number of carbonyl (C=O) groups excluding carboxylic acids is 1. The van der Waals surface area contributed by atoms with Crippen molar-refractivity contribution in [3.05, 3.63) is 84.0 Å². The molecule has 0 amide bonds. The maximum atomic E-state index is 11.8. The molecule has 3 nitrogen and oxygen atoms in total. The third-order valence-corrected chi connectivity index (χ3v) is 3.29. The highest BCUT2D eigenvalue weighted by Crippen LogP contribution is 2.22. The Kier molecular flexibility index (Phi) is 5.75. The van der Waals surface area contributed by atoms with Crippen molar-refractivity contribution >= 4 is 12.0 Å². The Labute approximate surface area is 136 Å². The number of esters is 1. The first-order valence-electron chi connectivity index (χ1n) is 7.34. The van der Waals surface area contributed by atoms with Crippen molar-refractivity contribution in [2.45, 2.75) is 13.0 Å². The van der Waals surface area contributed by atoms with E-state index < -0.39 is 12.1 Å². The van der Waals surface area contributed by atoms with Crippen LogP contribution >= 0.6 is 0 Å². The summed E-state index contributed by atoms with van der Waals surface area (Å²) in [5, 5.41) is 0. The maximum Gasteiger partial charge on any atom is 0.334 e. The summed E-state index contributed by atoms with van der Waals surface area (Å²) in [5.41, 5.74) is 2.29. The highest BCUT2D eigenvalue weighted by Gasteiger charge is 2.14. The second-order valence-electron chi connectivity index (χ2n) is 5.15. The first-order chi connectivity index (χ1) is 11.1. The van der Waals surface area contributed by atoms with Gasteiger partial charge in [0.25, 0.3) is 0 Å². The van der Waals surface area contributed by atoms with Crippen LogP contribution in [0.3, 0.4) is 0 Å². The van der Waals surface area contributed by atoms with Gasteiger partial charge in [0.1, 0.15) is 11.9 Å². The molecule has 0 aliphatic heterocycles. The van der Waals surface area contributed by atoms with E-state index >= 15 is 0 Å². The van der Waals surface area contributed by atoms with Crippen molar-refractivity contribution in [2.24, 2.45) is 0 Å². The Hall–Kier alpha value is -2.81. The van der Waals surface area contributed by atoms with E-state index in [2.05, 4.69) is 6.58 Å². The normalized spacial score (nSPS) is 11.9. The van der Waals surface area contributed by atoms with Gasteiger partial charge in [0, 0.05) is 5.57 Å². The average Bonchev–Trinajstić information content (AvgIpc) is 2.59. The minimum Gasteiger partial charge on any atom is -0.497 e. The molecule has 2 rings (SSSR count). The molecule has 0 fully saturated rings. The van der Waals surface area contributed by atoms with E-state index in [1.165, 1.54) is 0 Å². The summed E-state index contributed by atoms with van der Waals surface area (Å²) in [6.07, 6.45) is 3.32. The average molecular weight is 308 g/mol. The summed E-state index contributed by atoms with van der Waals surface area (Å²) in [5.74, 6) is 0.397. The Balaban J connectivity index is 2.20. The van der Waals surface area contributed by atoms with Gasteiger partial charge in [-0.25, -0.2) is 4.79 Å². The summed E-state index contributed by atoms with van der Waals surface area (Å²) in [7, 11) is 1.63. The van der Waals surface area contributed by atoms with Crippen molar-refractivity contribution in [3.8, 4) is 5.75 Å². The second-order valence-corrected chi connectivity index (χ2v) is 5.15. The first-order valence-corrected chi connectivity index (χ1v) is 7.34. The number of carbonyl (C=O) groups is 1. The van der Waals surface area contributed by atoms with Gasteiger partial charge in [-0.2, -0.15) is 0 Å². The van der Waals surface area contributed by atoms with E-state index in [1.54, 1.807) is 14.0 Å². The van der Waals surface area contributed by atoms with Crippen LogP contribution < -0.4 is 4.74 Å². The molecule has 0 heterocycles. The van der Waals surface area contributed by atoms with E-state index in [0.29, 0.717) is 5.57 Å². The smallest absolute Gasteiger partial charge is 0.334 e. The van der Waals surface area contributed by atoms with E-state index in [-0.39, 0.29) is 0 Å². The van der Waals surface area contributed by atoms with Crippen molar-refractivity contribution in [1.29, 1.82) is 0 Å². The molecular weight excluding hydrogens is 288 g/mol. The Morgan fingerprint density at radius 2 is 1.74 bits per heavy atom. The van der Waals surface area contributed by atoms with Crippen molar-refractivity contribution in [3.63, 3.8) is 0 Å². The van der Waals surface area contributed by atoms with Crippen molar-refractivity contribution in [1.82, 2.24) is 0 Å². The van der Waals surface area contributed by atoms with Gasteiger partial charge >= 0.3 is 5.97 Å². The SMILES string of the molecule is C=C(C)C(=O)OC(/C=C/c1ccc(OC)cc1)c1ccccc1. The zero-order valence-electron chi connectivity index (χ0n) is 13.4. The maximum absolute atomic E-state index is 11.8. The van der Waals surface area contributed by atoms with Crippen molar-refractivity contribution in [2.75, 3.05) is 7.11 Å². The summed E-state index contributed by atoms with van der Waals surface area (Å²) < 4.78 is 10.7. The molecule has 0 spiro atoms. The molecule has 0 N–H and O–H groups in total. The van der Waals surface area contributed by atoms with Crippen LogP contribution in [0.4, 0.5) is 0 Å². The standard InChI is InChI=1S/C20H20O3/c1-15(2)20(21)23-19(17-7-5-4-6-8-17)14-11-16-9-12-18(22-3)13-10-16/h4-14,19H,1H2,2-3H3/b14-11+. The number of benzene rings is 2. The molecular formula is C20H20O3. The van der Waals surface area contributed by atoms with Crippen LogP contribution in [0.15, 0.2) is 72.8 Å². The quantitative estimate of drug-likeness (QED) is 0.579. The van der Waals surface area contributed by atoms with Crippen LogP contribution in [0.1, 0.15) is 24.2 Å². The van der Waals surface area contributed by atoms with Crippen LogP contribution in [0.25, 0.3) is 6.08 Å². The van der Waals surface area contributed by atoms with Gasteiger partial charge in [-0.15, -0.1) is 0 Å². The lowest BCUT2D eigenvalue weighted by molar-refractivity contribution is -0.142. The molecule has 118 valence electrons. The fourth-order valence-corrected chi connectivity index (χ4v) is 1.99. The Morgan fingerprint density at radius 1 is 1.09 bits per heavy atom. The predicted molar refractivity (Wildman–Crippen MR) is 92.1 cm³/mol. The molecule has 1 unspecified atom stereocenters. The molecule has 0 saturated carbocycles. The van der Waals surface area contributed by atoms with Gasteiger partial charge in [-0.3, -0.25) is 0 Å². The fraction of sp³-hybridized carbons (Fsp3) is 0.150. The van der Waals surface area contributed by atoms with Gasteiger partial charge in [-0.1, -0.05) is 55.1 Å². The molecule has 0 bridgehead atoms. The summed E-state index contributed by atoms with van der Waals surface area (Å²) >= 11 is 0. The molecule has 1 atom stereocenters. The molecule has 23 heavy (non-hydrogen) atoms. The zero-order chi connectivity index (χ0) is 16.7. The first kappa shape index (κ1) is 16.6. The third-order valence-electron chi connectivity index (χ3n) is 3.29. The topological polar surface area (TPSA) is 35.5 Å². The van der Waals surface area contributed by atoms with E-state index in [0.717, 1.165) is 16.9 Å². The Morgan fingerprint density at radius 3 is 2.30 bits per heavy atom. The summed E-state index contributed by atoms with van der Waals surface area (Å²) in [4.78, 5) is 11.8. The van der Waals surface area contributed by atoms with Gasteiger partial charge in [-0.05, 0) is 36.3 Å². The largest absolute Gasteiger partial charge is 0.497 e. The molecule has 0 saturated heterocycles. The minimum absolute atomic E-state index is 0.378. The van der Waals surface area contributed by atoms with Crippen LogP contribution in [0.5, 0.6) is 5.75 Å². The van der Waals surface area contributed by atoms with Gasteiger partial charge in [0.2, 0.25) is 0 Å². The zero-order valence-corrected chi connectivity index (χ0v) is 13.4. The van der Waals surface area contributed by atoms with E-state index in [1.807, 2.05) is 66.7 Å². The van der Waals surface area contributed by atoms with E-state index in [9.17, 15) is 4.79 Å². The number of rotatable bonds is 6. The lowest BCUT2D eigenvalue weighted by Crippen LogP contribution is -2.10. The molecule has 0 aliphatic rings. The molecule has 0 aromatic heterocycles. The van der Waals surface area contributed by atoms with Crippen LogP contribution in [0, 0.1) is 0 Å². The summed E-state index contributed by atoms with van der Waals surface area (Å²) in [6.45, 7) is 5.26. The summed E-state index contributed by atoms with van der Waals surface area (Å²) in [6, 6.07) is 17.3. The highest BCUT2D eigenvalue weighted by molar-refractivity contribution is 5.87. The number of methoxy groups -OCH3 is 1. The predicted octanol–water partition coefficient (Wildman–Crippen LogP) is 4.57. The van der Waals surface area contributed by atoms with Crippen LogP contribution in [0.2, 0.25) is 0 Å². The lowest BCUT2D eigenvalue weighted by atomic mass is 10.1. The van der Waals surface area contributed by atoms with Gasteiger partial charge in [0.05, 0.1) is 7.11 Å². The molecule has 3 heteroatoms. The van der Waals surface area contributed by atoms with E-state index in [4.69, 9.17) is 9.47 Å². The second kappa shape index (κ2) is 7.99. The molecule has 0 radical (unpaired) electrons. The monoisotopic (exact) mass is 308 g/mol. The molecule has 0 aliphatic carbocycles. The number of ether oxygens (including phenoxy) is 2. The highest BCUT2D eigenvalue weighted by atomic mass is 16.5. The molecule has 2 aromatic carbocycles. The number of hydrogen-bond acceptors (Lipinski definition) is 3. The number of hydrogen-bond donors (Lipinski definition) is 0. The van der Waals surface area contributed by atoms with Crippen LogP contribution in [-0.4, -0.2) is 13.1 Å². The minimum atomic E-state index is -0.456. The lowest BCUT2D eigenvalue weighted by Gasteiger charge is -2.15. The molecule has 2 aromatic rings. The van der Waals surface area contributed by atoms with Crippen LogP contribution in [-0.2, 0) is 9.53 Å².